The van der Waals surface area contributed by atoms with Gasteiger partial charge in [0.2, 0.25) is 0 Å². The molecule has 2 heterocycles. The highest BCUT2D eigenvalue weighted by Gasteiger charge is 2.53. The van der Waals surface area contributed by atoms with Gasteiger partial charge in [0.25, 0.3) is 0 Å². The average Bonchev–Trinajstić information content (AvgIpc) is 2.17. The molecule has 0 amide bonds. The fraction of sp³-hybridized carbons (Fsp3) is 0.750. The third kappa shape index (κ3) is 0.485. The Hall–Kier alpha value is -0.300. The van der Waals surface area contributed by atoms with E-state index in [1.54, 1.807) is 0 Å². The third-order valence-electron chi connectivity index (χ3n) is 2.64. The summed E-state index contributed by atoms with van der Waals surface area (Å²) in [5.74, 6) is 0. The predicted molar refractivity (Wildman–Crippen MR) is 36.3 cm³/mol. The first-order valence-electron chi connectivity index (χ1n) is 3.63. The van der Waals surface area contributed by atoms with E-state index in [4.69, 9.17) is 4.74 Å². The van der Waals surface area contributed by atoms with E-state index in [9.17, 15) is 0 Å². The molecule has 1 aliphatic carbocycles. The second-order valence-electron chi connectivity index (χ2n) is 3.10. The molecular weight excluding hydrogens is 112 g/mol. The summed E-state index contributed by atoms with van der Waals surface area (Å²) in [7, 11) is 0. The van der Waals surface area contributed by atoms with Gasteiger partial charge in [-0.15, -0.1) is 0 Å². The van der Waals surface area contributed by atoms with Gasteiger partial charge in [-0.3, -0.25) is 0 Å². The lowest BCUT2D eigenvalue weighted by molar-refractivity contribution is -0.140. The topological polar surface area (TPSA) is 9.23 Å². The van der Waals surface area contributed by atoms with Crippen LogP contribution in [0.4, 0.5) is 0 Å². The molecule has 1 nitrogen and oxygen atoms in total. The van der Waals surface area contributed by atoms with Crippen LogP contribution < -0.4 is 0 Å². The van der Waals surface area contributed by atoms with E-state index in [2.05, 4.69) is 13.5 Å². The van der Waals surface area contributed by atoms with E-state index < -0.39 is 0 Å². The minimum Gasteiger partial charge on any atom is -0.367 e. The second-order valence-corrected chi connectivity index (χ2v) is 3.10. The molecule has 1 saturated carbocycles. The van der Waals surface area contributed by atoms with Crippen molar-refractivity contribution < 1.29 is 4.74 Å². The molecule has 2 aliphatic heterocycles. The molecule has 0 aromatic rings. The fourth-order valence-corrected chi connectivity index (χ4v) is 1.96. The van der Waals surface area contributed by atoms with Crippen molar-refractivity contribution in [2.24, 2.45) is 0 Å². The summed E-state index contributed by atoms with van der Waals surface area (Å²) in [5, 5.41) is 0. The monoisotopic (exact) mass is 124 g/mol. The van der Waals surface area contributed by atoms with Crippen molar-refractivity contribution in [2.75, 3.05) is 0 Å². The number of ether oxygens (including phenoxy) is 1. The molecule has 0 aromatic heterocycles. The van der Waals surface area contributed by atoms with Crippen molar-refractivity contribution in [3.05, 3.63) is 12.2 Å². The second kappa shape index (κ2) is 1.40. The lowest BCUT2D eigenvalue weighted by Gasteiger charge is -2.38. The zero-order chi connectivity index (χ0) is 6.48. The van der Waals surface area contributed by atoms with E-state index >= 15 is 0 Å². The molecule has 3 fully saturated rings. The molecule has 3 rings (SSSR count). The number of rotatable bonds is 1. The van der Waals surface area contributed by atoms with Gasteiger partial charge in [0.1, 0.15) is 0 Å². The number of hydrogen-bond acceptors (Lipinski definition) is 1. The molecule has 3 aliphatic rings. The van der Waals surface area contributed by atoms with Crippen molar-refractivity contribution in [1.29, 1.82) is 0 Å². The van der Waals surface area contributed by atoms with E-state index in [1.807, 2.05) is 0 Å². The zero-order valence-corrected chi connectivity index (χ0v) is 5.81. The summed E-state index contributed by atoms with van der Waals surface area (Å²) in [4.78, 5) is 0. The molecule has 0 aromatic carbocycles. The summed E-state index contributed by atoms with van der Waals surface area (Å²) in [5.41, 5.74) is 1.47. The maximum Gasteiger partial charge on any atom is 0.0916 e. The Morgan fingerprint density at radius 1 is 1.89 bits per heavy atom. The van der Waals surface area contributed by atoms with Crippen molar-refractivity contribution in [3.8, 4) is 0 Å². The average molecular weight is 124 g/mol. The lowest BCUT2D eigenvalue weighted by atomic mass is 9.92. The van der Waals surface area contributed by atoms with Crippen LogP contribution in [-0.2, 0) is 4.74 Å². The lowest BCUT2D eigenvalue weighted by Crippen LogP contribution is -2.41. The SMILES string of the molecule is C=C1CC2CC1(CC)O2. The molecule has 0 radical (unpaired) electrons. The Kier molecular flexibility index (Phi) is 0.854. The number of hydrogen-bond donors (Lipinski definition) is 0. The highest BCUT2D eigenvalue weighted by molar-refractivity contribution is 5.26. The van der Waals surface area contributed by atoms with Gasteiger partial charge >= 0.3 is 0 Å². The Morgan fingerprint density at radius 3 is 2.78 bits per heavy atom. The fourth-order valence-electron chi connectivity index (χ4n) is 1.96. The van der Waals surface area contributed by atoms with Gasteiger partial charge in [-0.05, 0) is 18.4 Å². The maximum atomic E-state index is 5.60. The van der Waals surface area contributed by atoms with E-state index in [0.29, 0.717) is 6.10 Å². The Balaban J connectivity index is 2.24. The van der Waals surface area contributed by atoms with Crippen LogP contribution in [-0.4, -0.2) is 11.7 Å². The first-order valence-corrected chi connectivity index (χ1v) is 3.63. The quantitative estimate of drug-likeness (QED) is 0.485. The van der Waals surface area contributed by atoms with Gasteiger partial charge in [0, 0.05) is 6.42 Å². The van der Waals surface area contributed by atoms with Crippen LogP contribution in [0.2, 0.25) is 0 Å². The van der Waals surface area contributed by atoms with Crippen LogP contribution in [0.1, 0.15) is 26.2 Å². The first-order chi connectivity index (χ1) is 4.27. The molecule has 1 heteroatoms. The summed E-state index contributed by atoms with van der Waals surface area (Å²) in [6, 6.07) is 0. The van der Waals surface area contributed by atoms with Gasteiger partial charge < -0.3 is 4.74 Å². The summed E-state index contributed by atoms with van der Waals surface area (Å²) >= 11 is 0. The van der Waals surface area contributed by atoms with Gasteiger partial charge in [-0.2, -0.15) is 0 Å². The molecule has 2 bridgehead atoms. The highest BCUT2D eigenvalue weighted by atomic mass is 16.5. The molecule has 2 unspecified atom stereocenters. The summed E-state index contributed by atoms with van der Waals surface area (Å²) in [6.07, 6.45) is 4.01. The van der Waals surface area contributed by atoms with Gasteiger partial charge in [0.15, 0.2) is 0 Å². The molecular formula is C8H12O. The first kappa shape index (κ1) is 5.48. The normalized spacial score (nSPS) is 47.2. The zero-order valence-electron chi connectivity index (χ0n) is 5.81. The summed E-state index contributed by atoms with van der Waals surface area (Å²) < 4.78 is 5.60. The van der Waals surface area contributed by atoms with E-state index in [1.165, 1.54) is 12.0 Å². The van der Waals surface area contributed by atoms with Gasteiger partial charge in [-0.25, -0.2) is 0 Å². The molecule has 2 saturated heterocycles. The van der Waals surface area contributed by atoms with Crippen LogP contribution in [0.15, 0.2) is 12.2 Å². The Morgan fingerprint density at radius 2 is 2.56 bits per heavy atom. The smallest absolute Gasteiger partial charge is 0.0916 e. The Labute approximate surface area is 55.7 Å². The minimum atomic E-state index is 0.144. The largest absolute Gasteiger partial charge is 0.367 e. The minimum absolute atomic E-state index is 0.144. The van der Waals surface area contributed by atoms with Crippen molar-refractivity contribution in [1.82, 2.24) is 0 Å². The van der Waals surface area contributed by atoms with E-state index in [-0.39, 0.29) is 5.60 Å². The molecule has 0 spiro atoms. The van der Waals surface area contributed by atoms with Crippen LogP contribution >= 0.6 is 0 Å². The Bertz CT molecular complexity index is 154. The van der Waals surface area contributed by atoms with E-state index in [0.717, 1.165) is 12.8 Å². The maximum absolute atomic E-state index is 5.60. The van der Waals surface area contributed by atoms with Crippen molar-refractivity contribution >= 4 is 0 Å². The van der Waals surface area contributed by atoms with Gasteiger partial charge in [0.05, 0.1) is 11.7 Å². The predicted octanol–water partition coefficient (Wildman–Crippen LogP) is 1.88. The number of fused-ring (bicyclic) bond motifs is 1. The molecule has 0 N–H and O–H groups in total. The van der Waals surface area contributed by atoms with Crippen molar-refractivity contribution in [3.63, 3.8) is 0 Å². The highest BCUT2D eigenvalue weighted by Crippen LogP contribution is 2.51. The van der Waals surface area contributed by atoms with Crippen LogP contribution in [0.5, 0.6) is 0 Å². The molecule has 9 heavy (non-hydrogen) atoms. The van der Waals surface area contributed by atoms with Crippen LogP contribution in [0, 0.1) is 0 Å². The standard InChI is InChI=1S/C8H12O/c1-3-8-5-7(9-8)4-6(8)2/h7H,2-5H2,1H3. The van der Waals surface area contributed by atoms with Crippen LogP contribution in [0.25, 0.3) is 0 Å². The van der Waals surface area contributed by atoms with Crippen molar-refractivity contribution in [2.45, 2.75) is 37.9 Å². The molecule has 50 valence electrons. The van der Waals surface area contributed by atoms with Crippen LogP contribution in [0.3, 0.4) is 0 Å². The van der Waals surface area contributed by atoms with Gasteiger partial charge in [-0.1, -0.05) is 13.5 Å². The molecule has 2 atom stereocenters. The third-order valence-corrected chi connectivity index (χ3v) is 2.64. The summed E-state index contributed by atoms with van der Waals surface area (Å²) in [6.45, 7) is 6.17.